The summed E-state index contributed by atoms with van der Waals surface area (Å²) in [5, 5.41) is 5.31. The number of carbonyl (C=O) groups excluding carboxylic acids is 3. The molecule has 2 amide bonds. The maximum atomic E-state index is 12.3. The molecule has 2 N–H and O–H groups in total. The Kier molecular flexibility index (Phi) is 7.36. The molecule has 0 fully saturated rings. The van der Waals surface area contributed by atoms with Crippen molar-refractivity contribution in [3.8, 4) is 11.5 Å². The molecule has 0 spiro atoms. The van der Waals surface area contributed by atoms with Crippen molar-refractivity contribution >= 4 is 29.2 Å². The predicted molar refractivity (Wildman–Crippen MR) is 108 cm³/mol. The van der Waals surface area contributed by atoms with Crippen molar-refractivity contribution in [3.05, 3.63) is 59.7 Å². The average Bonchev–Trinajstić information content (AvgIpc) is 2.73. The molecule has 0 aromatic heterocycles. The number of ether oxygens (including phenoxy) is 3. The molecule has 0 aliphatic carbocycles. The van der Waals surface area contributed by atoms with E-state index >= 15 is 0 Å². The van der Waals surface area contributed by atoms with Crippen molar-refractivity contribution in [2.45, 2.75) is 6.92 Å². The van der Waals surface area contributed by atoms with Gasteiger partial charge in [0.25, 0.3) is 5.91 Å². The number of esters is 1. The minimum Gasteiger partial charge on any atom is -0.493 e. The maximum absolute atomic E-state index is 12.3. The Balaban J connectivity index is 2.01. The fourth-order valence-corrected chi connectivity index (χ4v) is 2.39. The van der Waals surface area contributed by atoms with Gasteiger partial charge in [-0.15, -0.1) is 0 Å². The van der Waals surface area contributed by atoms with Gasteiger partial charge in [0.1, 0.15) is 0 Å². The van der Waals surface area contributed by atoms with Gasteiger partial charge in [0.2, 0.25) is 5.91 Å². The molecule has 29 heavy (non-hydrogen) atoms. The van der Waals surface area contributed by atoms with Crippen LogP contribution in [0.25, 0.3) is 0 Å². The lowest BCUT2D eigenvalue weighted by Crippen LogP contribution is -2.16. The first-order chi connectivity index (χ1) is 13.9. The molecule has 0 unspecified atom stereocenters. The van der Waals surface area contributed by atoms with E-state index in [0.717, 1.165) is 0 Å². The molecule has 0 atom stereocenters. The lowest BCUT2D eigenvalue weighted by molar-refractivity contribution is -0.114. The molecule has 0 saturated heterocycles. The van der Waals surface area contributed by atoms with Crippen molar-refractivity contribution in [1.29, 1.82) is 0 Å². The molecule has 8 nitrogen and oxygen atoms in total. The minimum atomic E-state index is -0.467. The predicted octanol–water partition coefficient (Wildman–Crippen LogP) is 3.01. The molecule has 0 saturated carbocycles. The van der Waals surface area contributed by atoms with Crippen LogP contribution in [0.3, 0.4) is 0 Å². The Morgan fingerprint density at radius 3 is 2.03 bits per heavy atom. The third-order valence-electron chi connectivity index (χ3n) is 3.92. The van der Waals surface area contributed by atoms with Crippen LogP contribution in [0.1, 0.15) is 17.3 Å². The van der Waals surface area contributed by atoms with Gasteiger partial charge in [0, 0.05) is 29.1 Å². The van der Waals surface area contributed by atoms with Gasteiger partial charge in [-0.1, -0.05) is 0 Å². The third-order valence-corrected chi connectivity index (χ3v) is 3.92. The molecule has 0 bridgehead atoms. The zero-order chi connectivity index (χ0) is 21.4. The number of hydrogen-bond acceptors (Lipinski definition) is 6. The fourth-order valence-electron chi connectivity index (χ4n) is 2.39. The number of amides is 2. The van der Waals surface area contributed by atoms with Gasteiger partial charge >= 0.3 is 5.97 Å². The first-order valence-electron chi connectivity index (χ1n) is 8.59. The van der Waals surface area contributed by atoms with Gasteiger partial charge in [0.15, 0.2) is 11.5 Å². The Morgan fingerprint density at radius 2 is 1.45 bits per heavy atom. The number of carbonyl (C=O) groups is 3. The number of nitrogens with one attached hydrogen (secondary N) is 2. The second kappa shape index (κ2) is 9.93. The van der Waals surface area contributed by atoms with E-state index in [4.69, 9.17) is 9.47 Å². The summed E-state index contributed by atoms with van der Waals surface area (Å²) in [6.45, 7) is 1.52. The Hall–Kier alpha value is -3.81. The quantitative estimate of drug-likeness (QED) is 0.549. The molecule has 0 aliphatic rings. The van der Waals surface area contributed by atoms with Gasteiger partial charge < -0.3 is 24.8 Å². The second-order valence-electron chi connectivity index (χ2n) is 5.91. The summed E-state index contributed by atoms with van der Waals surface area (Å²) < 4.78 is 15.0. The van der Waals surface area contributed by atoms with Crippen LogP contribution in [0.15, 0.2) is 54.1 Å². The van der Waals surface area contributed by atoms with Crippen LogP contribution in [0.4, 0.5) is 11.4 Å². The van der Waals surface area contributed by atoms with Crippen LogP contribution in [0.2, 0.25) is 0 Å². The summed E-state index contributed by atoms with van der Waals surface area (Å²) in [5.41, 5.74) is 1.55. The van der Waals surface area contributed by atoms with Crippen molar-refractivity contribution in [2.24, 2.45) is 0 Å². The summed E-state index contributed by atoms with van der Waals surface area (Å²) in [7, 11) is 4.30. The van der Waals surface area contributed by atoms with E-state index in [0.29, 0.717) is 28.4 Å². The van der Waals surface area contributed by atoms with Gasteiger partial charge in [-0.25, -0.2) is 4.79 Å². The molecule has 0 radical (unpaired) electrons. The van der Waals surface area contributed by atoms with E-state index in [1.807, 2.05) is 0 Å². The zero-order valence-electron chi connectivity index (χ0n) is 16.6. The topological polar surface area (TPSA) is 103 Å². The number of benzene rings is 2. The Labute approximate surface area is 168 Å². The molecule has 2 aromatic carbocycles. The maximum Gasteiger partial charge on any atom is 0.337 e. The van der Waals surface area contributed by atoms with E-state index in [2.05, 4.69) is 15.4 Å². The summed E-state index contributed by atoms with van der Waals surface area (Å²) in [4.78, 5) is 35.9. The van der Waals surface area contributed by atoms with Crippen LogP contribution in [0.5, 0.6) is 11.5 Å². The van der Waals surface area contributed by atoms with E-state index in [9.17, 15) is 14.4 Å². The van der Waals surface area contributed by atoms with Gasteiger partial charge in [-0.3, -0.25) is 9.59 Å². The summed E-state index contributed by atoms with van der Waals surface area (Å²) in [5.74, 6) is -0.371. The summed E-state index contributed by atoms with van der Waals surface area (Å²) in [6, 6.07) is 11.1. The lowest BCUT2D eigenvalue weighted by atomic mass is 10.2. The normalized spacial score (nSPS) is 10.7. The number of anilines is 2. The third kappa shape index (κ3) is 5.83. The van der Waals surface area contributed by atoms with Crippen LogP contribution >= 0.6 is 0 Å². The van der Waals surface area contributed by atoms with E-state index < -0.39 is 17.8 Å². The van der Waals surface area contributed by atoms with Crippen LogP contribution in [-0.4, -0.2) is 39.1 Å². The molecule has 0 heterocycles. The molecule has 0 aliphatic heterocycles. The van der Waals surface area contributed by atoms with Crippen molar-refractivity contribution in [3.63, 3.8) is 0 Å². The van der Waals surface area contributed by atoms with Gasteiger partial charge in [-0.2, -0.15) is 0 Å². The van der Waals surface area contributed by atoms with Crippen LogP contribution < -0.4 is 20.1 Å². The molecule has 152 valence electrons. The fraction of sp³-hybridized carbons (Fsp3) is 0.190. The second-order valence-corrected chi connectivity index (χ2v) is 5.91. The lowest BCUT2D eigenvalue weighted by Gasteiger charge is -2.10. The highest BCUT2D eigenvalue weighted by Crippen LogP contribution is 2.29. The van der Waals surface area contributed by atoms with E-state index in [1.54, 1.807) is 30.3 Å². The van der Waals surface area contributed by atoms with Crippen molar-refractivity contribution in [2.75, 3.05) is 32.0 Å². The first kappa shape index (κ1) is 21.5. The highest BCUT2D eigenvalue weighted by molar-refractivity contribution is 6.10. The van der Waals surface area contributed by atoms with Crippen molar-refractivity contribution in [1.82, 2.24) is 0 Å². The highest BCUT2D eigenvalue weighted by atomic mass is 16.5. The monoisotopic (exact) mass is 398 g/mol. The summed E-state index contributed by atoms with van der Waals surface area (Å²) >= 11 is 0. The first-order valence-corrected chi connectivity index (χ1v) is 8.59. The number of rotatable bonds is 7. The average molecular weight is 398 g/mol. The van der Waals surface area contributed by atoms with Crippen LogP contribution in [-0.2, 0) is 14.3 Å². The number of methoxy groups -OCH3 is 3. The number of hydrogen-bond donors (Lipinski definition) is 2. The minimum absolute atomic E-state index is 0.208. The molecular formula is C21H22N2O6. The van der Waals surface area contributed by atoms with Gasteiger partial charge in [0.05, 0.1) is 26.9 Å². The SMILES string of the molecule is COC(=O)c1ccc(NC(=O)/C(C)=C/C(=O)Nc2ccc(OC)c(OC)c2)cc1. The Morgan fingerprint density at radius 1 is 0.828 bits per heavy atom. The molecule has 8 heteroatoms. The molecular weight excluding hydrogens is 376 g/mol. The van der Waals surface area contributed by atoms with Crippen LogP contribution in [0, 0.1) is 0 Å². The molecule has 2 aromatic rings. The summed E-state index contributed by atoms with van der Waals surface area (Å²) in [6.07, 6.45) is 1.19. The smallest absolute Gasteiger partial charge is 0.337 e. The Bertz CT molecular complexity index is 935. The van der Waals surface area contributed by atoms with E-state index in [-0.39, 0.29) is 5.57 Å². The largest absolute Gasteiger partial charge is 0.493 e. The zero-order valence-corrected chi connectivity index (χ0v) is 16.6. The standard InChI is InChI=1S/C21H22N2O6/c1-13(20(25)23-15-7-5-14(6-8-15)21(26)29-4)11-19(24)22-16-9-10-17(27-2)18(12-16)28-3/h5-12H,1-4H3,(H,22,24)(H,23,25)/b13-11+. The molecule has 2 rings (SSSR count). The highest BCUT2D eigenvalue weighted by Gasteiger charge is 2.10. The van der Waals surface area contributed by atoms with E-state index in [1.165, 1.54) is 46.5 Å². The van der Waals surface area contributed by atoms with Gasteiger partial charge in [-0.05, 0) is 43.3 Å². The van der Waals surface area contributed by atoms with Crippen molar-refractivity contribution < 1.29 is 28.6 Å².